The van der Waals surface area contributed by atoms with Gasteiger partial charge in [-0.05, 0) is 33.1 Å². The van der Waals surface area contributed by atoms with Crippen molar-refractivity contribution >= 4 is 0 Å². The summed E-state index contributed by atoms with van der Waals surface area (Å²) >= 11 is 0. The Morgan fingerprint density at radius 2 is 1.53 bits per heavy atom. The van der Waals surface area contributed by atoms with E-state index in [4.69, 9.17) is 9.47 Å². The van der Waals surface area contributed by atoms with Gasteiger partial charge < -0.3 is 9.47 Å². The highest BCUT2D eigenvalue weighted by Gasteiger charge is 2.23. The van der Waals surface area contributed by atoms with Crippen LogP contribution in [0, 0.1) is 0 Å². The average Bonchev–Trinajstić information content (AvgIpc) is 2.16. The van der Waals surface area contributed by atoms with Crippen LogP contribution in [0.25, 0.3) is 0 Å². The molecule has 1 aliphatic heterocycles. The maximum absolute atomic E-state index is 5.74. The summed E-state index contributed by atoms with van der Waals surface area (Å²) in [7, 11) is 0. The molecule has 0 amide bonds. The monoisotopic (exact) mass is 214 g/mol. The molecule has 2 unspecified atom stereocenters. The van der Waals surface area contributed by atoms with Gasteiger partial charge in [-0.25, -0.2) is 0 Å². The van der Waals surface area contributed by atoms with Crippen molar-refractivity contribution in [2.75, 3.05) is 0 Å². The van der Waals surface area contributed by atoms with Crippen molar-refractivity contribution < 1.29 is 9.47 Å². The van der Waals surface area contributed by atoms with Gasteiger partial charge in [0.2, 0.25) is 0 Å². The third kappa shape index (κ3) is 5.53. The second-order valence-electron chi connectivity index (χ2n) is 4.76. The fraction of sp³-hybridized carbons (Fsp3) is 1.00. The van der Waals surface area contributed by atoms with E-state index in [1.54, 1.807) is 0 Å². The molecule has 1 fully saturated rings. The second kappa shape index (κ2) is 7.24. The van der Waals surface area contributed by atoms with Crippen LogP contribution in [0.5, 0.6) is 0 Å². The van der Waals surface area contributed by atoms with Crippen molar-refractivity contribution in [3.05, 3.63) is 0 Å². The summed E-state index contributed by atoms with van der Waals surface area (Å²) in [6.45, 7) is 6.53. The van der Waals surface area contributed by atoms with Crippen molar-refractivity contribution in [2.24, 2.45) is 0 Å². The zero-order chi connectivity index (χ0) is 11.1. The quantitative estimate of drug-likeness (QED) is 0.625. The van der Waals surface area contributed by atoms with Crippen LogP contribution in [0.1, 0.15) is 65.7 Å². The lowest BCUT2D eigenvalue weighted by Crippen LogP contribution is -2.35. The summed E-state index contributed by atoms with van der Waals surface area (Å²) in [5.41, 5.74) is 0. The second-order valence-corrected chi connectivity index (χ2v) is 4.76. The zero-order valence-corrected chi connectivity index (χ0v) is 10.5. The van der Waals surface area contributed by atoms with Crippen LogP contribution in [-0.2, 0) is 9.47 Å². The van der Waals surface area contributed by atoms with E-state index >= 15 is 0 Å². The molecule has 2 nitrogen and oxygen atoms in total. The van der Waals surface area contributed by atoms with Gasteiger partial charge in [-0.1, -0.05) is 32.6 Å². The van der Waals surface area contributed by atoms with Crippen LogP contribution < -0.4 is 0 Å². The molecule has 0 aliphatic carbocycles. The Balaban J connectivity index is 2.04. The minimum atomic E-state index is 0.0605. The Morgan fingerprint density at radius 3 is 2.13 bits per heavy atom. The first-order valence-corrected chi connectivity index (χ1v) is 6.53. The minimum absolute atomic E-state index is 0.0605. The average molecular weight is 214 g/mol. The van der Waals surface area contributed by atoms with Crippen molar-refractivity contribution in [3.63, 3.8) is 0 Å². The van der Waals surface area contributed by atoms with Crippen molar-refractivity contribution in [2.45, 2.75) is 84.2 Å². The van der Waals surface area contributed by atoms with Gasteiger partial charge in [-0.2, -0.15) is 0 Å². The first-order chi connectivity index (χ1) is 7.22. The van der Waals surface area contributed by atoms with Gasteiger partial charge in [-0.3, -0.25) is 0 Å². The highest BCUT2D eigenvalue weighted by Crippen LogP contribution is 2.21. The predicted molar refractivity (Wildman–Crippen MR) is 62.9 cm³/mol. The van der Waals surface area contributed by atoms with Gasteiger partial charge in [0.25, 0.3) is 0 Å². The van der Waals surface area contributed by atoms with Gasteiger partial charge in [0.05, 0.1) is 12.2 Å². The summed E-state index contributed by atoms with van der Waals surface area (Å²) in [5, 5.41) is 0. The number of ether oxygens (including phenoxy) is 2. The van der Waals surface area contributed by atoms with Gasteiger partial charge in [-0.15, -0.1) is 0 Å². The summed E-state index contributed by atoms with van der Waals surface area (Å²) in [4.78, 5) is 0. The molecule has 90 valence electrons. The molecule has 0 aromatic heterocycles. The summed E-state index contributed by atoms with van der Waals surface area (Å²) in [6.07, 6.45) is 9.49. The topological polar surface area (TPSA) is 18.5 Å². The normalized spacial score (nSPS) is 31.8. The predicted octanol–water partition coefficient (Wildman–Crippen LogP) is 3.89. The van der Waals surface area contributed by atoms with Crippen molar-refractivity contribution in [1.82, 2.24) is 0 Å². The molecule has 0 saturated carbocycles. The minimum Gasteiger partial charge on any atom is -0.350 e. The molecule has 1 heterocycles. The molecule has 1 aliphatic rings. The van der Waals surface area contributed by atoms with E-state index < -0.39 is 0 Å². The number of unbranched alkanes of at least 4 members (excludes halogenated alkanes) is 4. The first kappa shape index (κ1) is 13.0. The van der Waals surface area contributed by atoms with E-state index in [0.29, 0.717) is 12.2 Å². The lowest BCUT2D eigenvalue weighted by atomic mass is 10.1. The highest BCUT2D eigenvalue weighted by atomic mass is 16.7. The first-order valence-electron chi connectivity index (χ1n) is 6.53. The van der Waals surface area contributed by atoms with Crippen molar-refractivity contribution in [3.8, 4) is 0 Å². The molecule has 1 rings (SSSR count). The molecule has 0 aromatic carbocycles. The largest absolute Gasteiger partial charge is 0.350 e. The van der Waals surface area contributed by atoms with Gasteiger partial charge >= 0.3 is 0 Å². The van der Waals surface area contributed by atoms with E-state index in [1.807, 2.05) is 0 Å². The van der Waals surface area contributed by atoms with Crippen molar-refractivity contribution in [1.29, 1.82) is 0 Å². The summed E-state index contributed by atoms with van der Waals surface area (Å²) < 4.78 is 11.5. The van der Waals surface area contributed by atoms with E-state index in [0.717, 1.165) is 12.8 Å². The lowest BCUT2D eigenvalue weighted by Gasteiger charge is -2.32. The maximum atomic E-state index is 5.74. The molecule has 2 heteroatoms. The molecular weight excluding hydrogens is 188 g/mol. The summed E-state index contributed by atoms with van der Waals surface area (Å²) in [5.74, 6) is 0. The number of hydrogen-bond acceptors (Lipinski definition) is 2. The van der Waals surface area contributed by atoms with Crippen LogP contribution in [0.3, 0.4) is 0 Å². The summed E-state index contributed by atoms with van der Waals surface area (Å²) in [6, 6.07) is 0. The van der Waals surface area contributed by atoms with Crippen LogP contribution in [0.2, 0.25) is 0 Å². The molecule has 1 saturated heterocycles. The van der Waals surface area contributed by atoms with Gasteiger partial charge in [0.1, 0.15) is 0 Å². The molecule has 2 atom stereocenters. The Hall–Kier alpha value is -0.0800. The zero-order valence-electron chi connectivity index (χ0n) is 10.5. The molecular formula is C13H26O2. The highest BCUT2D eigenvalue weighted by molar-refractivity contribution is 4.65. The van der Waals surface area contributed by atoms with E-state index in [9.17, 15) is 0 Å². The fourth-order valence-electron chi connectivity index (χ4n) is 2.18. The SMILES string of the molecule is CCCCCCCC1OC(C)CC(C)O1. The number of rotatable bonds is 6. The van der Waals surface area contributed by atoms with Crippen LogP contribution in [-0.4, -0.2) is 18.5 Å². The lowest BCUT2D eigenvalue weighted by molar-refractivity contribution is -0.236. The molecule has 0 spiro atoms. The maximum Gasteiger partial charge on any atom is 0.158 e. The standard InChI is InChI=1S/C13H26O2/c1-4-5-6-7-8-9-13-14-11(2)10-12(3)15-13/h11-13H,4-10H2,1-3H3. The fourth-order valence-corrected chi connectivity index (χ4v) is 2.18. The van der Waals surface area contributed by atoms with E-state index in [1.165, 1.54) is 32.1 Å². The third-order valence-electron chi connectivity index (χ3n) is 2.98. The van der Waals surface area contributed by atoms with Crippen LogP contribution >= 0.6 is 0 Å². The van der Waals surface area contributed by atoms with Gasteiger partial charge in [0, 0.05) is 0 Å². The molecule has 0 N–H and O–H groups in total. The number of hydrogen-bond donors (Lipinski definition) is 0. The Morgan fingerprint density at radius 1 is 0.933 bits per heavy atom. The van der Waals surface area contributed by atoms with E-state index in [2.05, 4.69) is 20.8 Å². The third-order valence-corrected chi connectivity index (χ3v) is 2.98. The van der Waals surface area contributed by atoms with Crippen LogP contribution in [0.4, 0.5) is 0 Å². The molecule has 15 heavy (non-hydrogen) atoms. The van der Waals surface area contributed by atoms with E-state index in [-0.39, 0.29) is 6.29 Å². The van der Waals surface area contributed by atoms with Gasteiger partial charge in [0.15, 0.2) is 6.29 Å². The van der Waals surface area contributed by atoms with Crippen LogP contribution in [0.15, 0.2) is 0 Å². The Kier molecular flexibility index (Phi) is 6.26. The molecule has 0 aromatic rings. The molecule has 0 radical (unpaired) electrons. The smallest absolute Gasteiger partial charge is 0.158 e. The Labute approximate surface area is 94.3 Å². The molecule has 0 bridgehead atoms. The Bertz CT molecular complexity index is 149.